The molecule has 7 heteroatoms. The van der Waals surface area contributed by atoms with Crippen molar-refractivity contribution >= 4 is 11.9 Å². The molecule has 0 bridgehead atoms. The van der Waals surface area contributed by atoms with E-state index in [0.717, 1.165) is 18.2 Å². The van der Waals surface area contributed by atoms with Crippen molar-refractivity contribution in [3.8, 4) is 0 Å². The van der Waals surface area contributed by atoms with E-state index in [-0.39, 0.29) is 18.7 Å². The Bertz CT molecular complexity index is 840. The molecular weight excluding hydrogens is 335 g/mol. The number of amides is 1. The number of benzene rings is 2. The first-order chi connectivity index (χ1) is 11.9. The van der Waals surface area contributed by atoms with Crippen LogP contribution in [0.25, 0.3) is 0 Å². The number of likely N-dealkylation sites (tertiary alicyclic amines) is 1. The first-order valence-corrected chi connectivity index (χ1v) is 7.59. The van der Waals surface area contributed by atoms with Crippen molar-refractivity contribution in [3.05, 3.63) is 71.0 Å². The molecule has 0 saturated carbocycles. The molecule has 0 radical (unpaired) electrons. The lowest BCUT2D eigenvalue weighted by atomic mass is 9.89. The highest BCUT2D eigenvalue weighted by Crippen LogP contribution is 2.34. The summed E-state index contributed by atoms with van der Waals surface area (Å²) in [4.78, 5) is 25.3. The first-order valence-electron chi connectivity index (χ1n) is 7.59. The number of hydrogen-bond acceptors (Lipinski definition) is 2. The predicted molar refractivity (Wildman–Crippen MR) is 82.5 cm³/mol. The van der Waals surface area contributed by atoms with Gasteiger partial charge in [-0.25, -0.2) is 13.2 Å². The highest BCUT2D eigenvalue weighted by molar-refractivity contribution is 5.95. The van der Waals surface area contributed by atoms with Gasteiger partial charge in [-0.05, 0) is 35.9 Å². The Morgan fingerprint density at radius 2 is 1.76 bits per heavy atom. The van der Waals surface area contributed by atoms with Crippen LogP contribution in [0, 0.1) is 23.4 Å². The van der Waals surface area contributed by atoms with Crippen LogP contribution in [0.5, 0.6) is 0 Å². The van der Waals surface area contributed by atoms with Crippen molar-refractivity contribution in [2.24, 2.45) is 5.92 Å². The minimum absolute atomic E-state index is 0.0538. The quantitative estimate of drug-likeness (QED) is 0.927. The summed E-state index contributed by atoms with van der Waals surface area (Å²) in [7, 11) is 0. The summed E-state index contributed by atoms with van der Waals surface area (Å²) in [5, 5.41) is 9.42. The van der Waals surface area contributed by atoms with E-state index in [1.165, 1.54) is 23.1 Å². The SMILES string of the molecule is O=C(O)[C@@H]1CN(C(=O)c2ccc(F)c(F)c2)C[C@H]1c1cccc(F)c1. The number of carbonyl (C=O) groups is 2. The van der Waals surface area contributed by atoms with Crippen molar-refractivity contribution in [1.82, 2.24) is 4.90 Å². The van der Waals surface area contributed by atoms with Gasteiger partial charge in [0.25, 0.3) is 5.91 Å². The van der Waals surface area contributed by atoms with Gasteiger partial charge in [0, 0.05) is 24.6 Å². The third kappa shape index (κ3) is 3.35. The van der Waals surface area contributed by atoms with Crippen molar-refractivity contribution < 1.29 is 27.9 Å². The molecule has 4 nitrogen and oxygen atoms in total. The predicted octanol–water partition coefficient (Wildman–Crippen LogP) is 3.04. The lowest BCUT2D eigenvalue weighted by Crippen LogP contribution is -2.30. The van der Waals surface area contributed by atoms with E-state index >= 15 is 0 Å². The molecule has 0 aliphatic carbocycles. The van der Waals surface area contributed by atoms with E-state index in [1.807, 2.05) is 0 Å². The van der Waals surface area contributed by atoms with Crippen LogP contribution in [0.1, 0.15) is 21.8 Å². The average Bonchev–Trinajstić information content (AvgIpc) is 3.02. The first kappa shape index (κ1) is 17.0. The van der Waals surface area contributed by atoms with Gasteiger partial charge in [-0.15, -0.1) is 0 Å². The molecule has 1 heterocycles. The van der Waals surface area contributed by atoms with Crippen LogP contribution in [0.15, 0.2) is 42.5 Å². The van der Waals surface area contributed by atoms with Crippen molar-refractivity contribution in [3.63, 3.8) is 0 Å². The van der Waals surface area contributed by atoms with Gasteiger partial charge < -0.3 is 10.0 Å². The highest BCUT2D eigenvalue weighted by Gasteiger charge is 2.40. The maximum Gasteiger partial charge on any atom is 0.308 e. The normalized spacial score (nSPS) is 19.9. The molecule has 1 N–H and O–H groups in total. The summed E-state index contributed by atoms with van der Waals surface area (Å²) in [6, 6.07) is 8.34. The second-order valence-electron chi connectivity index (χ2n) is 5.95. The van der Waals surface area contributed by atoms with Gasteiger partial charge in [-0.2, -0.15) is 0 Å². The van der Waals surface area contributed by atoms with Crippen LogP contribution in [-0.4, -0.2) is 35.0 Å². The minimum atomic E-state index is -1.15. The second-order valence-corrected chi connectivity index (χ2v) is 5.95. The number of carboxylic acid groups (broad SMARTS) is 1. The maximum absolute atomic E-state index is 13.4. The largest absolute Gasteiger partial charge is 0.481 e. The molecule has 0 unspecified atom stereocenters. The molecule has 1 aliphatic rings. The fourth-order valence-corrected chi connectivity index (χ4v) is 3.11. The van der Waals surface area contributed by atoms with Crippen LogP contribution in [0.3, 0.4) is 0 Å². The fourth-order valence-electron chi connectivity index (χ4n) is 3.11. The minimum Gasteiger partial charge on any atom is -0.481 e. The van der Waals surface area contributed by atoms with Gasteiger partial charge in [0.05, 0.1) is 5.92 Å². The molecule has 25 heavy (non-hydrogen) atoms. The zero-order valence-electron chi connectivity index (χ0n) is 13.0. The molecular formula is C18H14F3NO3. The van der Waals surface area contributed by atoms with Crippen LogP contribution in [-0.2, 0) is 4.79 Å². The fraction of sp³-hybridized carbons (Fsp3) is 0.222. The average molecular weight is 349 g/mol. The highest BCUT2D eigenvalue weighted by atomic mass is 19.2. The van der Waals surface area contributed by atoms with Crippen molar-refractivity contribution in [1.29, 1.82) is 0 Å². The van der Waals surface area contributed by atoms with Gasteiger partial charge in [0.1, 0.15) is 5.82 Å². The van der Waals surface area contributed by atoms with Gasteiger partial charge in [0.2, 0.25) is 0 Å². The number of halogens is 3. The second kappa shape index (κ2) is 6.58. The molecule has 1 fully saturated rings. The monoisotopic (exact) mass is 349 g/mol. The van der Waals surface area contributed by atoms with Crippen LogP contribution < -0.4 is 0 Å². The van der Waals surface area contributed by atoms with E-state index in [9.17, 15) is 27.9 Å². The van der Waals surface area contributed by atoms with E-state index < -0.39 is 41.2 Å². The van der Waals surface area contributed by atoms with E-state index in [4.69, 9.17) is 0 Å². The molecule has 0 spiro atoms. The summed E-state index contributed by atoms with van der Waals surface area (Å²) in [6.07, 6.45) is 0. The van der Waals surface area contributed by atoms with Gasteiger partial charge in [-0.1, -0.05) is 12.1 Å². The zero-order valence-corrected chi connectivity index (χ0v) is 13.0. The summed E-state index contributed by atoms with van der Waals surface area (Å²) >= 11 is 0. The molecule has 0 aromatic heterocycles. The Hall–Kier alpha value is -2.83. The van der Waals surface area contributed by atoms with Gasteiger partial charge in [0.15, 0.2) is 11.6 Å². The lowest BCUT2D eigenvalue weighted by molar-refractivity contribution is -0.141. The van der Waals surface area contributed by atoms with Crippen molar-refractivity contribution in [2.45, 2.75) is 5.92 Å². The van der Waals surface area contributed by atoms with E-state index in [2.05, 4.69) is 0 Å². The van der Waals surface area contributed by atoms with Crippen molar-refractivity contribution in [2.75, 3.05) is 13.1 Å². The molecule has 1 amide bonds. The standard InChI is InChI=1S/C18H14F3NO3/c19-12-3-1-2-10(6-12)13-8-22(9-14(13)18(24)25)17(23)11-4-5-15(20)16(21)7-11/h1-7,13-14H,8-9H2,(H,24,25)/t13-,14+/m0/s1. The summed E-state index contributed by atoms with van der Waals surface area (Å²) in [5.74, 6) is -5.90. The summed E-state index contributed by atoms with van der Waals surface area (Å²) in [5.41, 5.74) is 0.413. The summed E-state index contributed by atoms with van der Waals surface area (Å²) in [6.45, 7) is -0.0351. The van der Waals surface area contributed by atoms with Crippen LogP contribution >= 0.6 is 0 Å². The number of carboxylic acids is 1. The Morgan fingerprint density at radius 3 is 2.40 bits per heavy atom. The summed E-state index contributed by atoms with van der Waals surface area (Å²) < 4.78 is 39.8. The zero-order chi connectivity index (χ0) is 18.1. The molecule has 3 rings (SSSR count). The molecule has 1 saturated heterocycles. The van der Waals surface area contributed by atoms with Crippen LogP contribution in [0.4, 0.5) is 13.2 Å². The maximum atomic E-state index is 13.4. The molecule has 2 aromatic carbocycles. The molecule has 2 atom stereocenters. The van der Waals surface area contributed by atoms with Gasteiger partial charge in [-0.3, -0.25) is 9.59 Å². The number of aliphatic carboxylic acids is 1. The number of rotatable bonds is 3. The topological polar surface area (TPSA) is 57.6 Å². The molecule has 130 valence electrons. The number of carbonyl (C=O) groups excluding carboxylic acids is 1. The number of nitrogens with zero attached hydrogens (tertiary/aromatic N) is 1. The van der Waals surface area contributed by atoms with E-state index in [0.29, 0.717) is 5.56 Å². The van der Waals surface area contributed by atoms with E-state index in [1.54, 1.807) is 6.07 Å². The number of hydrogen-bond donors (Lipinski definition) is 1. The Morgan fingerprint density at radius 1 is 1.00 bits per heavy atom. The third-order valence-corrected chi connectivity index (χ3v) is 4.37. The molecule has 2 aromatic rings. The molecule has 1 aliphatic heterocycles. The van der Waals surface area contributed by atoms with Gasteiger partial charge >= 0.3 is 5.97 Å². The third-order valence-electron chi connectivity index (χ3n) is 4.37. The Balaban J connectivity index is 1.88. The lowest BCUT2D eigenvalue weighted by Gasteiger charge is -2.17. The Labute approximate surface area is 141 Å². The Kier molecular flexibility index (Phi) is 4.48. The smallest absolute Gasteiger partial charge is 0.308 e. The van der Waals surface area contributed by atoms with Crippen LogP contribution in [0.2, 0.25) is 0 Å².